The van der Waals surface area contributed by atoms with Crippen molar-refractivity contribution in [2.75, 3.05) is 17.7 Å². The first-order chi connectivity index (χ1) is 9.49. The molecule has 20 heavy (non-hydrogen) atoms. The number of aryl methyl sites for hydroxylation is 1. The van der Waals surface area contributed by atoms with E-state index in [0.717, 1.165) is 17.3 Å². The number of imidazole rings is 1. The molecule has 1 aromatic carbocycles. The molecule has 0 fully saturated rings. The van der Waals surface area contributed by atoms with Crippen LogP contribution in [0.25, 0.3) is 0 Å². The van der Waals surface area contributed by atoms with E-state index in [2.05, 4.69) is 9.88 Å². The van der Waals surface area contributed by atoms with Crippen LogP contribution < -0.4 is 15.4 Å². The maximum atomic E-state index is 6.21. The van der Waals surface area contributed by atoms with Crippen molar-refractivity contribution < 1.29 is 4.74 Å². The van der Waals surface area contributed by atoms with Crippen LogP contribution in [0.15, 0.2) is 30.6 Å². The predicted molar refractivity (Wildman–Crippen MR) is 81.9 cm³/mol. The highest BCUT2D eigenvalue weighted by Gasteiger charge is 2.12. The maximum absolute atomic E-state index is 6.21. The van der Waals surface area contributed by atoms with Crippen LogP contribution in [0.2, 0.25) is 0 Å². The first kappa shape index (κ1) is 14.2. The van der Waals surface area contributed by atoms with Gasteiger partial charge in [-0.2, -0.15) is 0 Å². The van der Waals surface area contributed by atoms with Gasteiger partial charge in [0.05, 0.1) is 24.0 Å². The second kappa shape index (κ2) is 5.86. The van der Waals surface area contributed by atoms with Crippen molar-refractivity contribution in [3.05, 3.63) is 36.4 Å². The lowest BCUT2D eigenvalue weighted by Crippen LogP contribution is -2.20. The molecule has 0 saturated carbocycles. The van der Waals surface area contributed by atoms with E-state index in [9.17, 15) is 0 Å². The number of nitrogens with two attached hydrogens (primary N) is 1. The maximum Gasteiger partial charge on any atom is 0.144 e. The van der Waals surface area contributed by atoms with E-state index in [-0.39, 0.29) is 6.10 Å². The number of nitrogen functional groups attached to an aromatic ring is 1. The number of benzene rings is 1. The monoisotopic (exact) mass is 274 g/mol. The number of para-hydroxylation sites is 1. The van der Waals surface area contributed by atoms with E-state index in [0.29, 0.717) is 12.2 Å². The molecule has 1 aromatic heterocycles. The fourth-order valence-electron chi connectivity index (χ4n) is 2.07. The largest absolute Gasteiger partial charge is 0.489 e. The van der Waals surface area contributed by atoms with E-state index in [1.807, 2.05) is 56.9 Å². The highest BCUT2D eigenvalue weighted by atomic mass is 16.5. The van der Waals surface area contributed by atoms with Crippen LogP contribution in [-0.2, 0) is 13.6 Å². The third-order valence-corrected chi connectivity index (χ3v) is 3.12. The number of hydrogen-bond acceptors (Lipinski definition) is 4. The molecule has 0 bridgehead atoms. The molecule has 108 valence electrons. The van der Waals surface area contributed by atoms with Gasteiger partial charge in [0.25, 0.3) is 0 Å². The van der Waals surface area contributed by atoms with Gasteiger partial charge in [0.15, 0.2) is 0 Å². The molecule has 0 aliphatic carbocycles. The van der Waals surface area contributed by atoms with Crippen LogP contribution in [0.5, 0.6) is 5.75 Å². The number of hydrogen-bond donors (Lipinski definition) is 1. The quantitative estimate of drug-likeness (QED) is 0.851. The van der Waals surface area contributed by atoms with E-state index in [4.69, 9.17) is 10.5 Å². The van der Waals surface area contributed by atoms with Gasteiger partial charge in [0.2, 0.25) is 0 Å². The molecule has 0 spiro atoms. The summed E-state index contributed by atoms with van der Waals surface area (Å²) in [4.78, 5) is 6.41. The number of aromatic nitrogens is 2. The Bertz CT molecular complexity index is 577. The van der Waals surface area contributed by atoms with Gasteiger partial charge in [0.1, 0.15) is 11.6 Å². The minimum absolute atomic E-state index is 0.104. The van der Waals surface area contributed by atoms with E-state index in [1.165, 1.54) is 0 Å². The van der Waals surface area contributed by atoms with Crippen molar-refractivity contribution in [3.63, 3.8) is 0 Å². The van der Waals surface area contributed by atoms with Crippen molar-refractivity contribution >= 4 is 11.4 Å². The first-order valence-corrected chi connectivity index (χ1v) is 6.71. The minimum Gasteiger partial charge on any atom is -0.489 e. The number of ether oxygens (including phenoxy) is 1. The molecule has 0 amide bonds. The summed E-state index contributed by atoms with van der Waals surface area (Å²) in [5, 5.41) is 0. The van der Waals surface area contributed by atoms with Crippen LogP contribution in [0.4, 0.5) is 11.4 Å². The average Bonchev–Trinajstić information content (AvgIpc) is 2.77. The van der Waals surface area contributed by atoms with E-state index in [1.54, 1.807) is 6.20 Å². The van der Waals surface area contributed by atoms with Crippen molar-refractivity contribution in [2.45, 2.75) is 26.5 Å². The molecule has 0 unspecified atom stereocenters. The van der Waals surface area contributed by atoms with Gasteiger partial charge < -0.3 is 19.9 Å². The average molecular weight is 274 g/mol. The highest BCUT2D eigenvalue weighted by molar-refractivity contribution is 5.73. The summed E-state index contributed by atoms with van der Waals surface area (Å²) in [6.07, 6.45) is 3.84. The third-order valence-electron chi connectivity index (χ3n) is 3.12. The van der Waals surface area contributed by atoms with Gasteiger partial charge >= 0.3 is 0 Å². The van der Waals surface area contributed by atoms with Crippen LogP contribution in [0.3, 0.4) is 0 Å². The minimum atomic E-state index is 0.104. The number of anilines is 2. The lowest BCUT2D eigenvalue weighted by molar-refractivity contribution is 0.244. The standard InChI is InChI=1S/C15H22N4O/c1-11(2)20-13-7-5-6-12(15(13)16)19(4)10-14-17-8-9-18(14)3/h5-9,11H,10,16H2,1-4H3. The molecule has 5 heteroatoms. The lowest BCUT2D eigenvalue weighted by Gasteiger charge is -2.22. The highest BCUT2D eigenvalue weighted by Crippen LogP contribution is 2.32. The van der Waals surface area contributed by atoms with Crippen LogP contribution in [0, 0.1) is 0 Å². The normalized spacial score (nSPS) is 10.8. The Morgan fingerprint density at radius 1 is 1.40 bits per heavy atom. The Labute approximate surface area is 120 Å². The summed E-state index contributed by atoms with van der Waals surface area (Å²) in [6.45, 7) is 4.67. The second-order valence-electron chi connectivity index (χ2n) is 5.17. The number of rotatable bonds is 5. The zero-order valence-corrected chi connectivity index (χ0v) is 12.5. The van der Waals surface area contributed by atoms with Crippen molar-refractivity contribution in [2.24, 2.45) is 7.05 Å². The van der Waals surface area contributed by atoms with Crippen LogP contribution in [0.1, 0.15) is 19.7 Å². The fraction of sp³-hybridized carbons (Fsp3) is 0.400. The summed E-state index contributed by atoms with van der Waals surface area (Å²) in [7, 11) is 3.98. The number of nitrogens with zero attached hydrogens (tertiary/aromatic N) is 3. The van der Waals surface area contributed by atoms with Crippen LogP contribution >= 0.6 is 0 Å². The molecule has 0 aliphatic heterocycles. The zero-order valence-electron chi connectivity index (χ0n) is 12.5. The van der Waals surface area contributed by atoms with Gasteiger partial charge in [-0.3, -0.25) is 0 Å². The summed E-state index contributed by atoms with van der Waals surface area (Å²) in [5.41, 5.74) is 7.82. The summed E-state index contributed by atoms with van der Waals surface area (Å²) in [6, 6.07) is 5.84. The smallest absolute Gasteiger partial charge is 0.144 e. The Hall–Kier alpha value is -2.17. The fourth-order valence-corrected chi connectivity index (χ4v) is 2.07. The molecule has 1 heterocycles. The molecule has 2 aromatic rings. The summed E-state index contributed by atoms with van der Waals surface area (Å²) in [5.74, 6) is 1.71. The molecule has 2 rings (SSSR count). The predicted octanol–water partition coefficient (Wildman–Crippen LogP) is 2.43. The molecule has 2 N–H and O–H groups in total. The Morgan fingerprint density at radius 2 is 2.15 bits per heavy atom. The molecular formula is C15H22N4O. The van der Waals surface area contributed by atoms with Crippen molar-refractivity contribution in [1.29, 1.82) is 0 Å². The first-order valence-electron chi connectivity index (χ1n) is 6.71. The molecule has 0 radical (unpaired) electrons. The summed E-state index contributed by atoms with van der Waals surface area (Å²) < 4.78 is 7.72. The third kappa shape index (κ3) is 3.04. The summed E-state index contributed by atoms with van der Waals surface area (Å²) >= 11 is 0. The Balaban J connectivity index is 2.21. The second-order valence-corrected chi connectivity index (χ2v) is 5.17. The van der Waals surface area contributed by atoms with E-state index < -0.39 is 0 Å². The molecule has 0 saturated heterocycles. The van der Waals surface area contributed by atoms with Gasteiger partial charge in [-0.1, -0.05) is 6.07 Å². The molecule has 0 aliphatic rings. The van der Waals surface area contributed by atoms with Crippen molar-refractivity contribution in [1.82, 2.24) is 9.55 Å². The molecule has 0 atom stereocenters. The van der Waals surface area contributed by atoms with Gasteiger partial charge in [0, 0.05) is 26.5 Å². The Kier molecular flexibility index (Phi) is 4.17. The van der Waals surface area contributed by atoms with Gasteiger partial charge in [-0.25, -0.2) is 4.98 Å². The van der Waals surface area contributed by atoms with Gasteiger partial charge in [-0.05, 0) is 26.0 Å². The van der Waals surface area contributed by atoms with Gasteiger partial charge in [-0.15, -0.1) is 0 Å². The van der Waals surface area contributed by atoms with Crippen molar-refractivity contribution in [3.8, 4) is 5.75 Å². The topological polar surface area (TPSA) is 56.3 Å². The molecule has 5 nitrogen and oxygen atoms in total. The SMILES string of the molecule is CC(C)Oc1cccc(N(C)Cc2nccn2C)c1N. The lowest BCUT2D eigenvalue weighted by atomic mass is 10.2. The van der Waals surface area contributed by atoms with E-state index >= 15 is 0 Å². The molecular weight excluding hydrogens is 252 g/mol. The Morgan fingerprint density at radius 3 is 2.75 bits per heavy atom. The zero-order chi connectivity index (χ0) is 14.7. The van der Waals surface area contributed by atoms with Crippen LogP contribution in [-0.4, -0.2) is 22.7 Å².